The number of nitrogens with one attached hydrogen (secondary N) is 2. The molecule has 3 fully saturated rings. The van der Waals surface area contributed by atoms with Crippen LogP contribution in [-0.4, -0.2) is 86.1 Å². The van der Waals surface area contributed by atoms with Crippen LogP contribution in [0.3, 0.4) is 0 Å². The number of likely N-dealkylation sites (tertiary alicyclic amines) is 1. The highest BCUT2D eigenvalue weighted by atomic mass is 127. The van der Waals surface area contributed by atoms with Crippen LogP contribution < -0.4 is 15.5 Å². The molecule has 1 unspecified atom stereocenters. The van der Waals surface area contributed by atoms with Gasteiger partial charge in [-0.2, -0.15) is 0 Å². The van der Waals surface area contributed by atoms with Crippen LogP contribution in [0.5, 0.6) is 0 Å². The highest BCUT2D eigenvalue weighted by Gasteiger charge is 2.32. The molecule has 1 aliphatic carbocycles. The van der Waals surface area contributed by atoms with Gasteiger partial charge in [-0.05, 0) is 44.0 Å². The third-order valence-corrected chi connectivity index (χ3v) is 6.87. The monoisotopic (exact) mass is 555 g/mol. The lowest BCUT2D eigenvalue weighted by atomic mass is 10.1. The summed E-state index contributed by atoms with van der Waals surface area (Å²) in [5, 5.41) is 6.94. The normalized spacial score (nSPS) is 22.7. The number of carbonyl (C=O) groups excluding carboxylic acids is 1. The van der Waals surface area contributed by atoms with Crippen molar-refractivity contribution in [2.24, 2.45) is 10.9 Å². The average Bonchev–Trinajstić information content (AvgIpc) is 3.49. The van der Waals surface area contributed by atoms with E-state index in [1.54, 1.807) is 7.05 Å². The second-order valence-corrected chi connectivity index (χ2v) is 9.13. The zero-order chi connectivity index (χ0) is 21.6. The quantitative estimate of drug-likeness (QED) is 0.329. The Bertz CT molecular complexity index is 775. The van der Waals surface area contributed by atoms with Crippen molar-refractivity contribution in [1.29, 1.82) is 0 Å². The van der Waals surface area contributed by atoms with Gasteiger partial charge in [0.25, 0.3) is 0 Å². The number of aliphatic imine (C=N–C) groups is 1. The molecule has 2 aliphatic heterocycles. The lowest BCUT2D eigenvalue weighted by Gasteiger charge is -2.33. The molecule has 3 heterocycles. The minimum absolute atomic E-state index is 0. The Morgan fingerprint density at radius 3 is 2.62 bits per heavy atom. The average molecular weight is 556 g/mol. The predicted molar refractivity (Wildman–Crippen MR) is 140 cm³/mol. The molecular weight excluding hydrogens is 517 g/mol. The number of anilines is 1. The van der Waals surface area contributed by atoms with Crippen molar-refractivity contribution in [2.75, 3.05) is 58.3 Å². The van der Waals surface area contributed by atoms with Gasteiger partial charge in [0, 0.05) is 71.0 Å². The van der Waals surface area contributed by atoms with Crippen LogP contribution in [0.15, 0.2) is 23.3 Å². The second kappa shape index (κ2) is 12.0. The van der Waals surface area contributed by atoms with E-state index in [0.29, 0.717) is 12.5 Å². The molecule has 8 nitrogen and oxygen atoms in total. The van der Waals surface area contributed by atoms with Crippen molar-refractivity contribution in [2.45, 2.75) is 44.7 Å². The Hall–Kier alpha value is -1.62. The Morgan fingerprint density at radius 2 is 1.91 bits per heavy atom. The molecule has 0 bridgehead atoms. The first-order chi connectivity index (χ1) is 15.1. The first kappa shape index (κ1) is 25.0. The van der Waals surface area contributed by atoms with Gasteiger partial charge < -0.3 is 25.3 Å². The van der Waals surface area contributed by atoms with E-state index in [9.17, 15) is 4.79 Å². The number of rotatable bonds is 5. The third kappa shape index (κ3) is 6.46. The first-order valence-corrected chi connectivity index (χ1v) is 11.8. The highest BCUT2D eigenvalue weighted by Crippen LogP contribution is 2.27. The number of halogens is 1. The number of amides is 1. The largest absolute Gasteiger partial charge is 0.354 e. The second-order valence-electron chi connectivity index (χ2n) is 9.13. The molecule has 1 aromatic heterocycles. The molecule has 1 amide bonds. The Labute approximate surface area is 209 Å². The highest BCUT2D eigenvalue weighted by molar-refractivity contribution is 14.0. The Kier molecular flexibility index (Phi) is 9.39. The Balaban J connectivity index is 0.00000289. The molecule has 0 radical (unpaired) electrons. The molecular formula is C23H38IN7O. The number of likely N-dealkylation sites (N-methyl/N-ethyl adjacent to an activating group) is 1. The molecule has 178 valence electrons. The summed E-state index contributed by atoms with van der Waals surface area (Å²) in [4.78, 5) is 28.4. The minimum atomic E-state index is 0. The number of piperazine rings is 1. The predicted octanol–water partition coefficient (Wildman–Crippen LogP) is 1.91. The topological polar surface area (TPSA) is 76.1 Å². The van der Waals surface area contributed by atoms with Gasteiger partial charge in [-0.15, -0.1) is 24.0 Å². The van der Waals surface area contributed by atoms with Gasteiger partial charge in [0.2, 0.25) is 5.91 Å². The molecule has 0 spiro atoms. The maximum Gasteiger partial charge on any atom is 0.225 e. The number of nitrogens with zero attached hydrogens (tertiary/aromatic N) is 5. The molecule has 2 N–H and O–H groups in total. The molecule has 4 rings (SSSR count). The van der Waals surface area contributed by atoms with E-state index in [4.69, 9.17) is 0 Å². The SMILES string of the molecule is CN=C(NCc1ccnc(N2CCN(C)CC2)c1)NC1CCN(C(=O)C2CCCC2)C1.I. The number of hydrogen-bond acceptors (Lipinski definition) is 5. The van der Waals surface area contributed by atoms with E-state index < -0.39 is 0 Å². The lowest BCUT2D eigenvalue weighted by Crippen LogP contribution is -2.45. The first-order valence-electron chi connectivity index (χ1n) is 11.8. The van der Waals surface area contributed by atoms with Crippen LogP contribution in [0.1, 0.15) is 37.7 Å². The van der Waals surface area contributed by atoms with Crippen LogP contribution in [0.2, 0.25) is 0 Å². The summed E-state index contributed by atoms with van der Waals surface area (Å²) in [6, 6.07) is 4.48. The number of hydrogen-bond donors (Lipinski definition) is 2. The Morgan fingerprint density at radius 1 is 1.16 bits per heavy atom. The minimum Gasteiger partial charge on any atom is -0.354 e. The van der Waals surface area contributed by atoms with Crippen molar-refractivity contribution in [3.05, 3.63) is 23.9 Å². The molecule has 3 aliphatic rings. The van der Waals surface area contributed by atoms with Crippen LogP contribution in [-0.2, 0) is 11.3 Å². The van der Waals surface area contributed by atoms with Gasteiger partial charge in [-0.25, -0.2) is 4.98 Å². The van der Waals surface area contributed by atoms with Crippen LogP contribution in [0, 0.1) is 5.92 Å². The van der Waals surface area contributed by atoms with Crippen molar-refractivity contribution < 1.29 is 4.79 Å². The summed E-state index contributed by atoms with van der Waals surface area (Å²) in [7, 11) is 3.96. The molecule has 9 heteroatoms. The fraction of sp³-hybridized carbons (Fsp3) is 0.696. The van der Waals surface area contributed by atoms with Crippen molar-refractivity contribution in [3.8, 4) is 0 Å². The van der Waals surface area contributed by atoms with Gasteiger partial charge >= 0.3 is 0 Å². The van der Waals surface area contributed by atoms with Gasteiger partial charge in [0.1, 0.15) is 5.82 Å². The fourth-order valence-electron chi connectivity index (χ4n) is 4.86. The van der Waals surface area contributed by atoms with Crippen LogP contribution in [0.4, 0.5) is 5.82 Å². The van der Waals surface area contributed by atoms with E-state index in [1.807, 2.05) is 11.1 Å². The van der Waals surface area contributed by atoms with Crippen molar-refractivity contribution in [3.63, 3.8) is 0 Å². The standard InChI is InChI=1S/C23H37N7O.HI/c1-24-23(27-20-8-10-30(17-20)22(31)19-5-3-4-6-19)26-16-18-7-9-25-21(15-18)29-13-11-28(2)12-14-29;/h7,9,15,19-20H,3-6,8,10-14,16-17H2,1-2H3,(H2,24,26,27);1H. The number of pyridine rings is 1. The smallest absolute Gasteiger partial charge is 0.225 e. The van der Waals surface area contributed by atoms with Gasteiger partial charge in [-0.1, -0.05) is 12.8 Å². The van der Waals surface area contributed by atoms with E-state index in [0.717, 1.165) is 70.3 Å². The lowest BCUT2D eigenvalue weighted by molar-refractivity contribution is -0.134. The number of guanidine groups is 1. The molecule has 0 aromatic carbocycles. The molecule has 2 saturated heterocycles. The number of aromatic nitrogens is 1. The van der Waals surface area contributed by atoms with Crippen molar-refractivity contribution in [1.82, 2.24) is 25.4 Å². The summed E-state index contributed by atoms with van der Waals surface area (Å²) in [6.07, 6.45) is 7.41. The fourth-order valence-corrected chi connectivity index (χ4v) is 4.86. The molecule has 1 aromatic rings. The maximum atomic E-state index is 12.7. The summed E-state index contributed by atoms with van der Waals surface area (Å²) in [5.41, 5.74) is 1.19. The summed E-state index contributed by atoms with van der Waals surface area (Å²) >= 11 is 0. The molecule has 32 heavy (non-hydrogen) atoms. The van der Waals surface area contributed by atoms with Crippen molar-refractivity contribution >= 4 is 41.7 Å². The zero-order valence-corrected chi connectivity index (χ0v) is 21.8. The van der Waals surface area contributed by atoms with E-state index in [2.05, 4.69) is 49.6 Å². The maximum absolute atomic E-state index is 12.7. The van der Waals surface area contributed by atoms with E-state index >= 15 is 0 Å². The van der Waals surface area contributed by atoms with E-state index in [-0.39, 0.29) is 35.9 Å². The summed E-state index contributed by atoms with van der Waals surface area (Å²) in [5.74, 6) is 2.46. The number of carbonyl (C=O) groups is 1. The third-order valence-electron chi connectivity index (χ3n) is 6.87. The summed E-state index contributed by atoms with van der Waals surface area (Å²) < 4.78 is 0. The van der Waals surface area contributed by atoms with Crippen LogP contribution in [0.25, 0.3) is 0 Å². The molecule has 1 saturated carbocycles. The van der Waals surface area contributed by atoms with Gasteiger partial charge in [0.05, 0.1) is 0 Å². The zero-order valence-electron chi connectivity index (χ0n) is 19.4. The molecule has 1 atom stereocenters. The van der Waals surface area contributed by atoms with Gasteiger partial charge in [-0.3, -0.25) is 9.79 Å². The summed E-state index contributed by atoms with van der Waals surface area (Å²) in [6.45, 7) is 6.50. The van der Waals surface area contributed by atoms with Gasteiger partial charge in [0.15, 0.2) is 5.96 Å². The van der Waals surface area contributed by atoms with E-state index in [1.165, 1.54) is 18.4 Å². The van der Waals surface area contributed by atoms with Crippen LogP contribution >= 0.6 is 24.0 Å².